The molecule has 4 rings (SSSR count). The van der Waals surface area contributed by atoms with Gasteiger partial charge in [0.2, 0.25) is 0 Å². The fraction of sp³-hybridized carbons (Fsp3) is 0.931. The van der Waals surface area contributed by atoms with E-state index >= 15 is 0 Å². The second-order valence-corrected chi connectivity index (χ2v) is 12.9. The van der Waals surface area contributed by atoms with Gasteiger partial charge in [-0.2, -0.15) is 0 Å². The Labute approximate surface area is 187 Å². The molecule has 4 aliphatic rings. The highest BCUT2D eigenvalue weighted by Crippen LogP contribution is 2.67. The molecule has 0 saturated heterocycles. The van der Waals surface area contributed by atoms with Crippen LogP contribution >= 0.6 is 0 Å². The van der Waals surface area contributed by atoms with Crippen LogP contribution in [0.4, 0.5) is 0 Å². The van der Waals surface area contributed by atoms with Crippen LogP contribution in [0.2, 0.25) is 0 Å². The number of hydrogen-bond donors (Lipinski definition) is 1. The first-order chi connectivity index (χ1) is 14.2. The van der Waals surface area contributed by atoms with Crippen LogP contribution < -0.4 is 0 Å². The predicted molar refractivity (Wildman–Crippen MR) is 128 cm³/mol. The topological polar surface area (TPSA) is 20.2 Å². The lowest BCUT2D eigenvalue weighted by Crippen LogP contribution is -2.50. The molecule has 0 aromatic heterocycles. The van der Waals surface area contributed by atoms with Gasteiger partial charge in [-0.15, -0.1) is 0 Å². The lowest BCUT2D eigenvalue weighted by Gasteiger charge is -2.58. The van der Waals surface area contributed by atoms with Crippen LogP contribution in [0, 0.1) is 52.3 Å². The van der Waals surface area contributed by atoms with E-state index in [2.05, 4.69) is 47.6 Å². The molecule has 3 saturated carbocycles. The predicted octanol–water partition coefficient (Wildman–Crippen LogP) is 8.02. The van der Waals surface area contributed by atoms with Gasteiger partial charge >= 0.3 is 0 Å². The van der Waals surface area contributed by atoms with E-state index in [4.69, 9.17) is 0 Å². The maximum Gasteiger partial charge on any atom is 0.0577 e. The summed E-state index contributed by atoms with van der Waals surface area (Å²) >= 11 is 0. The molecule has 2 unspecified atom stereocenters. The summed E-state index contributed by atoms with van der Waals surface area (Å²) in [5.74, 6) is 6.31. The molecular formula is C29H50O. The zero-order chi connectivity index (χ0) is 21.7. The summed E-state index contributed by atoms with van der Waals surface area (Å²) in [6.07, 6.45) is 17.1. The number of hydrogen-bond acceptors (Lipinski definition) is 1. The number of fused-ring (bicyclic) bond motifs is 5. The third-order valence-corrected chi connectivity index (χ3v) is 11.3. The number of aliphatic hydroxyl groups excluding tert-OH is 1. The summed E-state index contributed by atoms with van der Waals surface area (Å²) < 4.78 is 0. The molecule has 0 heterocycles. The normalized spacial score (nSPS) is 45.3. The highest BCUT2D eigenvalue weighted by atomic mass is 16.3. The van der Waals surface area contributed by atoms with Crippen molar-refractivity contribution in [1.82, 2.24) is 0 Å². The van der Waals surface area contributed by atoms with E-state index < -0.39 is 0 Å². The van der Waals surface area contributed by atoms with Crippen molar-refractivity contribution in [2.24, 2.45) is 52.3 Å². The van der Waals surface area contributed by atoms with Gasteiger partial charge in [0, 0.05) is 0 Å². The summed E-state index contributed by atoms with van der Waals surface area (Å²) in [4.78, 5) is 0. The minimum absolute atomic E-state index is 0.0794. The molecular weight excluding hydrogens is 364 g/mol. The molecule has 0 amide bonds. The fourth-order valence-corrected chi connectivity index (χ4v) is 9.30. The Kier molecular flexibility index (Phi) is 6.53. The lowest BCUT2D eigenvalue weighted by molar-refractivity contribution is -0.0575. The first-order valence-corrected chi connectivity index (χ1v) is 13.6. The highest BCUT2D eigenvalue weighted by Gasteiger charge is 2.59. The van der Waals surface area contributed by atoms with Crippen LogP contribution in [0.15, 0.2) is 11.6 Å². The minimum atomic E-state index is -0.0794. The van der Waals surface area contributed by atoms with Crippen molar-refractivity contribution in [2.45, 2.75) is 118 Å². The summed E-state index contributed by atoms with van der Waals surface area (Å²) in [7, 11) is 0. The molecule has 0 radical (unpaired) electrons. The van der Waals surface area contributed by atoms with Gasteiger partial charge in [0.25, 0.3) is 0 Å². The molecule has 1 N–H and O–H groups in total. The van der Waals surface area contributed by atoms with Crippen molar-refractivity contribution >= 4 is 0 Å². The van der Waals surface area contributed by atoms with Crippen molar-refractivity contribution in [3.05, 3.63) is 11.6 Å². The third-order valence-electron chi connectivity index (χ3n) is 11.3. The van der Waals surface area contributed by atoms with Gasteiger partial charge in [0.1, 0.15) is 0 Å². The largest absolute Gasteiger partial charge is 0.393 e. The average Bonchev–Trinajstić information content (AvgIpc) is 3.06. The van der Waals surface area contributed by atoms with Crippen molar-refractivity contribution in [2.75, 3.05) is 0 Å². The van der Waals surface area contributed by atoms with Crippen LogP contribution in [0.25, 0.3) is 0 Å². The van der Waals surface area contributed by atoms with E-state index in [9.17, 15) is 5.11 Å². The quantitative estimate of drug-likeness (QED) is 0.436. The Morgan fingerprint density at radius 3 is 2.47 bits per heavy atom. The zero-order valence-electron chi connectivity index (χ0n) is 20.9. The van der Waals surface area contributed by atoms with Gasteiger partial charge in [0.05, 0.1) is 6.10 Å². The van der Waals surface area contributed by atoms with E-state index in [0.717, 1.165) is 54.3 Å². The SMILES string of the molecule is CC[C@H](CC[C@@H](C)C1CCC2[C@H]3CC=C4C[C@@H](O)CC[C@]4(C)[C@@H]3CC[C@]12C)C(C)C. The van der Waals surface area contributed by atoms with Crippen LogP contribution in [-0.2, 0) is 0 Å². The molecule has 1 nitrogen and oxygen atoms in total. The van der Waals surface area contributed by atoms with Gasteiger partial charge in [-0.05, 0) is 110 Å². The molecule has 3 fully saturated rings. The summed E-state index contributed by atoms with van der Waals surface area (Å²) in [6, 6.07) is 0. The molecule has 172 valence electrons. The Balaban J connectivity index is 1.47. The van der Waals surface area contributed by atoms with Crippen molar-refractivity contribution in [3.8, 4) is 0 Å². The maximum atomic E-state index is 10.2. The van der Waals surface area contributed by atoms with Crippen LogP contribution in [0.1, 0.15) is 112 Å². The molecule has 0 bridgehead atoms. The monoisotopic (exact) mass is 414 g/mol. The van der Waals surface area contributed by atoms with Crippen LogP contribution in [0.3, 0.4) is 0 Å². The summed E-state index contributed by atoms with van der Waals surface area (Å²) in [5.41, 5.74) is 2.59. The highest BCUT2D eigenvalue weighted by molar-refractivity contribution is 5.25. The number of aliphatic hydroxyl groups is 1. The first kappa shape index (κ1) is 22.9. The van der Waals surface area contributed by atoms with E-state index in [1.54, 1.807) is 5.57 Å². The average molecular weight is 415 g/mol. The standard InChI is InChI=1S/C29H50O/c1-7-21(19(2)3)9-8-20(4)25-12-13-26-24-11-10-22-18-23(30)14-16-28(22,5)27(24)15-17-29(25,26)6/h10,19-21,23-27,30H,7-9,11-18H2,1-6H3/t20-,21-,23+,24-,25?,26?,27-,28+,29-/m1/s1. The third kappa shape index (κ3) is 3.74. The molecule has 0 aromatic rings. The molecule has 4 aliphatic carbocycles. The smallest absolute Gasteiger partial charge is 0.0577 e. The van der Waals surface area contributed by atoms with E-state index in [0.29, 0.717) is 10.8 Å². The maximum absolute atomic E-state index is 10.2. The van der Waals surface area contributed by atoms with E-state index in [-0.39, 0.29) is 6.10 Å². The van der Waals surface area contributed by atoms with Gasteiger partial charge < -0.3 is 5.11 Å². The van der Waals surface area contributed by atoms with Gasteiger partial charge in [-0.25, -0.2) is 0 Å². The molecule has 1 heteroatoms. The fourth-order valence-electron chi connectivity index (χ4n) is 9.30. The lowest BCUT2D eigenvalue weighted by atomic mass is 9.47. The molecule has 0 aromatic carbocycles. The van der Waals surface area contributed by atoms with Crippen LogP contribution in [-0.4, -0.2) is 11.2 Å². The minimum Gasteiger partial charge on any atom is -0.393 e. The Morgan fingerprint density at radius 2 is 1.77 bits per heavy atom. The second kappa shape index (κ2) is 8.57. The molecule has 0 spiro atoms. The van der Waals surface area contributed by atoms with E-state index in [1.165, 1.54) is 57.8 Å². The molecule has 9 atom stereocenters. The van der Waals surface area contributed by atoms with Crippen molar-refractivity contribution in [3.63, 3.8) is 0 Å². The number of allylic oxidation sites excluding steroid dienone is 1. The Hall–Kier alpha value is -0.300. The molecule has 0 aliphatic heterocycles. The Morgan fingerprint density at radius 1 is 1.00 bits per heavy atom. The van der Waals surface area contributed by atoms with Gasteiger partial charge in [-0.3, -0.25) is 0 Å². The van der Waals surface area contributed by atoms with Crippen LogP contribution in [0.5, 0.6) is 0 Å². The van der Waals surface area contributed by atoms with Gasteiger partial charge in [0.15, 0.2) is 0 Å². The van der Waals surface area contributed by atoms with Crippen molar-refractivity contribution in [1.29, 1.82) is 0 Å². The molecule has 30 heavy (non-hydrogen) atoms. The summed E-state index contributed by atoms with van der Waals surface area (Å²) in [5, 5.41) is 10.2. The second-order valence-electron chi connectivity index (χ2n) is 12.9. The van der Waals surface area contributed by atoms with E-state index in [1.807, 2.05) is 0 Å². The summed E-state index contributed by atoms with van der Waals surface area (Å²) in [6.45, 7) is 15.1. The zero-order valence-corrected chi connectivity index (χ0v) is 20.9. The number of rotatable bonds is 6. The van der Waals surface area contributed by atoms with Gasteiger partial charge in [-0.1, -0.05) is 66.0 Å². The Bertz CT molecular complexity index is 634. The first-order valence-electron chi connectivity index (χ1n) is 13.6. The van der Waals surface area contributed by atoms with Crippen molar-refractivity contribution < 1.29 is 5.11 Å².